The van der Waals surface area contributed by atoms with Gasteiger partial charge in [-0.1, -0.05) is 83.2 Å². The number of phenols is 2. The molecule has 0 saturated heterocycles. The van der Waals surface area contributed by atoms with E-state index in [2.05, 4.69) is 10.3 Å². The number of nitrogens with zero attached hydrogens (tertiary/aromatic N) is 2. The fourth-order valence-corrected chi connectivity index (χ4v) is 8.69. The first-order valence-electron chi connectivity index (χ1n) is 21.4. The van der Waals surface area contributed by atoms with Gasteiger partial charge >= 0.3 is 11.8 Å². The number of anilines is 2. The Bertz CT molecular complexity index is 2460. The Labute approximate surface area is 367 Å². The molecule has 0 aliphatic carbocycles. The van der Waals surface area contributed by atoms with E-state index < -0.39 is 83.0 Å². The molecule has 1 aromatic heterocycles. The van der Waals surface area contributed by atoms with E-state index in [4.69, 9.17) is 23.9 Å². The summed E-state index contributed by atoms with van der Waals surface area (Å²) in [4.78, 5) is 51.5. The third-order valence-electron chi connectivity index (χ3n) is 12.5. The van der Waals surface area contributed by atoms with Crippen molar-refractivity contribution in [2.24, 2.45) is 23.7 Å². The van der Waals surface area contributed by atoms with Crippen molar-refractivity contribution in [3.63, 3.8) is 0 Å². The standard InChI is InChI=1S/C48H60N4O11/c1-11-21-52(23-31-18-13-12-14-19-31)47-50-36-33-34-41(56)29(7)44-35(33)45(58)48(9,63-44)61-22-20-32(60-10)26(4)43(62-30(8)53)28(6)40(55)27(5)39(54)24(2)16-15-17-25(3)46(59)49-38(42(34)57)37(36)51-47/h12-20,22,24,26-28,32,39-40,43,54-57H,11,21,23H2,1-10H3,(H,49,59)(H,50,51)/b16-15+,22-20+,25-17-/t24-,26-,27-,28-,32+,39+,40+,43+,48+/m1/s1. The summed E-state index contributed by atoms with van der Waals surface area (Å²) in [6.45, 7) is 15.9. The normalized spacial score (nSPS) is 28.9. The molecule has 0 spiro atoms. The van der Waals surface area contributed by atoms with E-state index in [1.54, 1.807) is 65.8 Å². The number of imidazole rings is 1. The van der Waals surface area contributed by atoms with Crippen LogP contribution in [0.15, 0.2) is 66.5 Å². The number of rotatable bonds is 7. The largest absolute Gasteiger partial charge is 0.507 e. The molecule has 3 aromatic carbocycles. The number of phenolic OH excluding ortho intramolecular Hbond substituents is 2. The second-order valence-electron chi connectivity index (χ2n) is 17.0. The number of ether oxygens (including phenoxy) is 4. The number of allylic oxidation sites excluding steroid dienone is 2. The van der Waals surface area contributed by atoms with Crippen molar-refractivity contribution in [3.8, 4) is 17.2 Å². The molecule has 0 radical (unpaired) electrons. The van der Waals surface area contributed by atoms with E-state index in [9.17, 15) is 34.8 Å². The minimum Gasteiger partial charge on any atom is -0.507 e. The van der Waals surface area contributed by atoms with Crippen LogP contribution in [0.3, 0.4) is 0 Å². The number of ketones is 1. The summed E-state index contributed by atoms with van der Waals surface area (Å²) in [6.07, 6.45) is 4.63. The maximum Gasteiger partial charge on any atom is 0.312 e. The fourth-order valence-electron chi connectivity index (χ4n) is 8.69. The Morgan fingerprint density at radius 2 is 1.67 bits per heavy atom. The lowest BCUT2D eigenvalue weighted by Crippen LogP contribution is -2.46. The number of hydrogen-bond acceptors (Lipinski definition) is 13. The zero-order chi connectivity index (χ0) is 46.1. The second-order valence-corrected chi connectivity index (χ2v) is 17.0. The number of aliphatic hydroxyl groups excluding tert-OH is 2. The molecule has 2 aliphatic rings. The SMILES string of the molecule is CCCN(Cc1ccccc1)c1nc2c([nH]1)c1c(O)c3c(O)c(C)c4c(c32)C(=O)[C@@](C)(O/C=C/[C@H](OC)[C@@H](C)[C@H](OC(C)=O)[C@H](C)[C@@H](O)[C@H](C)[C@@H](O)[C@H](C)/C=C/C=C(/C)C(=O)N1)O4. The van der Waals surface area contributed by atoms with E-state index in [0.717, 1.165) is 12.0 Å². The van der Waals surface area contributed by atoms with E-state index in [1.165, 1.54) is 27.2 Å². The van der Waals surface area contributed by atoms with Crippen LogP contribution in [0.2, 0.25) is 0 Å². The third kappa shape index (κ3) is 9.00. The topological polar surface area (TPSA) is 213 Å². The fraction of sp³-hybridized carbons (Fsp3) is 0.458. The van der Waals surface area contributed by atoms with Gasteiger partial charge in [0.05, 0.1) is 41.0 Å². The number of aliphatic hydroxyl groups is 2. The summed E-state index contributed by atoms with van der Waals surface area (Å²) >= 11 is 0. The van der Waals surface area contributed by atoms with Crippen molar-refractivity contribution < 1.29 is 53.8 Å². The Kier molecular flexibility index (Phi) is 13.9. The number of amides is 1. The molecule has 15 heteroatoms. The number of carbonyl (C=O) groups is 3. The zero-order valence-electron chi connectivity index (χ0n) is 37.6. The van der Waals surface area contributed by atoms with Gasteiger partial charge in [0.25, 0.3) is 11.7 Å². The molecule has 3 heterocycles. The minimum absolute atomic E-state index is 0.00743. The summed E-state index contributed by atoms with van der Waals surface area (Å²) in [5.74, 6) is -6.68. The van der Waals surface area contributed by atoms with Crippen LogP contribution >= 0.6 is 0 Å². The van der Waals surface area contributed by atoms with Crippen molar-refractivity contribution in [3.05, 3.63) is 83.2 Å². The molecule has 63 heavy (non-hydrogen) atoms. The van der Waals surface area contributed by atoms with Crippen LogP contribution in [-0.2, 0) is 30.3 Å². The van der Waals surface area contributed by atoms with Crippen molar-refractivity contribution in [1.82, 2.24) is 9.97 Å². The Morgan fingerprint density at radius 3 is 2.32 bits per heavy atom. The van der Waals surface area contributed by atoms with Crippen LogP contribution in [0.25, 0.3) is 21.8 Å². The van der Waals surface area contributed by atoms with Gasteiger partial charge in [-0.15, -0.1) is 0 Å². The highest BCUT2D eigenvalue weighted by Gasteiger charge is 2.50. The molecule has 1 amide bonds. The number of Topliss-reactive ketones (excluding diaryl/α,β-unsaturated/α-hetero) is 1. The van der Waals surface area contributed by atoms with Crippen molar-refractivity contribution in [1.29, 1.82) is 0 Å². The van der Waals surface area contributed by atoms with Crippen LogP contribution in [0, 0.1) is 30.6 Å². The number of aromatic amines is 1. The molecule has 338 valence electrons. The quantitative estimate of drug-likeness (QED) is 0.0794. The van der Waals surface area contributed by atoms with Gasteiger partial charge in [-0.25, -0.2) is 4.98 Å². The van der Waals surface area contributed by atoms with Crippen molar-refractivity contribution in [2.45, 2.75) is 105 Å². The maximum atomic E-state index is 14.8. The highest BCUT2D eigenvalue weighted by molar-refractivity contribution is 6.28. The molecule has 4 aromatic rings. The van der Waals surface area contributed by atoms with Crippen LogP contribution < -0.4 is 15.0 Å². The lowest BCUT2D eigenvalue weighted by atomic mass is 9.78. The van der Waals surface area contributed by atoms with Gasteiger partial charge in [0.1, 0.15) is 28.8 Å². The number of esters is 1. The van der Waals surface area contributed by atoms with Gasteiger partial charge in [0.2, 0.25) is 5.95 Å². The molecule has 0 fully saturated rings. The number of hydrogen-bond donors (Lipinski definition) is 6. The monoisotopic (exact) mass is 868 g/mol. The second kappa shape index (κ2) is 18.8. The first-order chi connectivity index (χ1) is 29.8. The van der Waals surface area contributed by atoms with E-state index in [0.29, 0.717) is 19.0 Å². The minimum atomic E-state index is -1.98. The molecule has 9 atom stereocenters. The summed E-state index contributed by atoms with van der Waals surface area (Å²) in [5.41, 5.74) is 1.69. The van der Waals surface area contributed by atoms with Crippen LogP contribution in [0.4, 0.5) is 11.6 Å². The highest BCUT2D eigenvalue weighted by atomic mass is 16.7. The molecule has 4 bridgehead atoms. The predicted molar refractivity (Wildman–Crippen MR) is 240 cm³/mol. The maximum absolute atomic E-state index is 14.8. The van der Waals surface area contributed by atoms with Crippen LogP contribution in [-0.4, -0.2) is 91.9 Å². The number of aromatic nitrogens is 2. The summed E-state index contributed by atoms with van der Waals surface area (Å²) in [6, 6.07) is 9.80. The first-order valence-corrected chi connectivity index (χ1v) is 21.4. The molecule has 15 nitrogen and oxygen atoms in total. The molecule has 2 aliphatic heterocycles. The molecular formula is C48H60N4O11. The van der Waals surface area contributed by atoms with E-state index in [1.807, 2.05) is 42.2 Å². The molecule has 6 rings (SSSR count). The van der Waals surface area contributed by atoms with Gasteiger partial charge in [-0.05, 0) is 31.9 Å². The number of H-pyrrole nitrogens is 1. The predicted octanol–water partition coefficient (Wildman–Crippen LogP) is 7.34. The average Bonchev–Trinajstić information content (AvgIpc) is 3.81. The lowest BCUT2D eigenvalue weighted by Gasteiger charge is -2.38. The summed E-state index contributed by atoms with van der Waals surface area (Å²) in [5, 5.41) is 49.8. The van der Waals surface area contributed by atoms with Gasteiger partial charge in [-0.2, -0.15) is 0 Å². The first kappa shape index (κ1) is 46.6. The number of carbonyl (C=O) groups excluding carboxylic acids is 3. The van der Waals surface area contributed by atoms with E-state index in [-0.39, 0.29) is 49.9 Å². The van der Waals surface area contributed by atoms with Crippen molar-refractivity contribution >= 4 is 51.1 Å². The van der Waals surface area contributed by atoms with E-state index >= 15 is 0 Å². The number of benzene rings is 3. The van der Waals surface area contributed by atoms with Gasteiger partial charge in [0, 0.05) is 74.2 Å². The number of methoxy groups -OCH3 is 1. The molecule has 0 saturated carbocycles. The smallest absolute Gasteiger partial charge is 0.312 e. The third-order valence-corrected chi connectivity index (χ3v) is 12.5. The summed E-state index contributed by atoms with van der Waals surface area (Å²) in [7, 11) is 1.46. The zero-order valence-corrected chi connectivity index (χ0v) is 37.6. The van der Waals surface area contributed by atoms with Gasteiger partial charge in [0.15, 0.2) is 5.75 Å². The number of nitrogens with one attached hydrogen (secondary N) is 2. The number of aromatic hydroxyl groups is 2. The average molecular weight is 869 g/mol. The summed E-state index contributed by atoms with van der Waals surface area (Å²) < 4.78 is 24.0. The Morgan fingerprint density at radius 1 is 0.968 bits per heavy atom. The molecular weight excluding hydrogens is 809 g/mol. The highest BCUT2D eigenvalue weighted by Crippen LogP contribution is 2.54. The molecule has 6 N–H and O–H groups in total. The Hall–Kier alpha value is -5.90. The van der Waals surface area contributed by atoms with Crippen LogP contribution in [0.1, 0.15) is 83.3 Å². The van der Waals surface area contributed by atoms with Gasteiger partial charge in [-0.3, -0.25) is 14.4 Å². The van der Waals surface area contributed by atoms with Gasteiger partial charge < -0.3 is 54.6 Å². The lowest BCUT2D eigenvalue weighted by molar-refractivity contribution is -0.160. The molecule has 0 unspecified atom stereocenters. The Balaban J connectivity index is 1.57. The van der Waals surface area contributed by atoms with Crippen molar-refractivity contribution in [2.75, 3.05) is 23.9 Å². The van der Waals surface area contributed by atoms with Crippen LogP contribution in [0.5, 0.6) is 17.2 Å². The number of fused-ring (bicyclic) bond motifs is 1.